The van der Waals surface area contributed by atoms with Crippen molar-refractivity contribution in [1.82, 2.24) is 9.80 Å². The number of nitrogens with zero attached hydrogens (tertiary/aromatic N) is 2. The van der Waals surface area contributed by atoms with Gasteiger partial charge < -0.3 is 24.9 Å². The molecule has 0 atom stereocenters. The van der Waals surface area contributed by atoms with Crippen LogP contribution in [0.25, 0.3) is 17.2 Å². The quantitative estimate of drug-likeness (QED) is 0.426. The molecule has 10 nitrogen and oxygen atoms in total. The number of halogens is 1. The Labute approximate surface area is 241 Å². The van der Waals surface area contributed by atoms with Crippen LogP contribution in [0.15, 0.2) is 48.7 Å². The summed E-state index contributed by atoms with van der Waals surface area (Å²) in [5.41, 5.74) is 6.09. The molecule has 0 aromatic heterocycles. The summed E-state index contributed by atoms with van der Waals surface area (Å²) in [6.07, 6.45) is 2.50. The highest BCUT2D eigenvalue weighted by atomic mass is 19.1. The molecule has 4 N–H and O–H groups in total. The Morgan fingerprint density at radius 2 is 1.51 bits per heavy atom. The largest absolute Gasteiger partial charge is 0.444 e. The third kappa shape index (κ3) is 11.8. The molecule has 1 aliphatic rings. The number of rotatable bonds is 4. The molecule has 2 aromatic rings. The van der Waals surface area contributed by atoms with Crippen LogP contribution in [-0.4, -0.2) is 72.5 Å². The Bertz CT molecular complexity index is 1200. The SMILES string of the molecule is C=O.CC(C)(C)OC(=O)Nc1ccc(-c2ccc(F)cc2)cc1/C=C/N1CCN(C(=O)OC(C)(C)C)CC1=N.CN. The van der Waals surface area contributed by atoms with Crippen LogP contribution in [0.2, 0.25) is 0 Å². The van der Waals surface area contributed by atoms with Crippen molar-refractivity contribution < 1.29 is 28.2 Å². The predicted molar refractivity (Wildman–Crippen MR) is 160 cm³/mol. The van der Waals surface area contributed by atoms with E-state index in [1.54, 1.807) is 76.9 Å². The van der Waals surface area contributed by atoms with Gasteiger partial charge in [-0.2, -0.15) is 0 Å². The molecular weight excluding hydrogens is 529 g/mol. The molecule has 2 aromatic carbocycles. The average molecular weight is 572 g/mol. The summed E-state index contributed by atoms with van der Waals surface area (Å²) in [4.78, 5) is 36.1. The zero-order valence-electron chi connectivity index (χ0n) is 24.9. The number of nitrogens with one attached hydrogen (secondary N) is 2. The topological polar surface area (TPSA) is 138 Å². The molecule has 0 bridgehead atoms. The lowest BCUT2D eigenvalue weighted by atomic mass is 10.0. The molecule has 224 valence electrons. The van der Waals surface area contributed by atoms with Crippen LogP contribution < -0.4 is 11.1 Å². The van der Waals surface area contributed by atoms with E-state index in [1.807, 2.05) is 18.9 Å². The summed E-state index contributed by atoms with van der Waals surface area (Å²) >= 11 is 0. The van der Waals surface area contributed by atoms with Crippen LogP contribution in [-0.2, 0) is 14.3 Å². The van der Waals surface area contributed by atoms with E-state index < -0.39 is 23.4 Å². The smallest absolute Gasteiger partial charge is 0.412 e. The second-order valence-electron chi connectivity index (χ2n) is 10.8. The molecule has 1 aliphatic heterocycles. The summed E-state index contributed by atoms with van der Waals surface area (Å²) in [5.74, 6) is -0.0826. The molecule has 0 saturated carbocycles. The lowest BCUT2D eigenvalue weighted by Crippen LogP contribution is -2.51. The first-order chi connectivity index (χ1) is 19.2. The van der Waals surface area contributed by atoms with Crippen molar-refractivity contribution in [2.75, 3.05) is 32.0 Å². The number of carbonyl (C=O) groups is 3. The lowest BCUT2D eigenvalue weighted by Gasteiger charge is -2.35. The van der Waals surface area contributed by atoms with Gasteiger partial charge in [-0.1, -0.05) is 18.2 Å². The molecule has 1 fully saturated rings. The fourth-order valence-electron chi connectivity index (χ4n) is 3.58. The van der Waals surface area contributed by atoms with E-state index in [-0.39, 0.29) is 18.2 Å². The standard InChI is InChI=1S/C28H35FN4O4.CH5N.CH2O/c1-27(2,3)36-25(34)31-23-12-9-20(19-7-10-22(29)11-8-19)17-21(23)13-14-32-15-16-33(18-24(32)30)26(35)37-28(4,5)6;2*1-2/h7-14,17,30H,15-16,18H2,1-6H3,(H,31,34);2H2,1H3;1H2/b14-13+,30-24?;;. The number of amides is 2. The van der Waals surface area contributed by atoms with Crippen LogP contribution in [0.4, 0.5) is 19.7 Å². The summed E-state index contributed by atoms with van der Waals surface area (Å²) in [6, 6.07) is 11.6. The average Bonchev–Trinajstić information content (AvgIpc) is 2.89. The van der Waals surface area contributed by atoms with Crippen molar-refractivity contribution in [3.63, 3.8) is 0 Å². The van der Waals surface area contributed by atoms with E-state index in [1.165, 1.54) is 24.1 Å². The number of piperazine rings is 1. The van der Waals surface area contributed by atoms with E-state index >= 15 is 0 Å². The maximum absolute atomic E-state index is 13.4. The van der Waals surface area contributed by atoms with Gasteiger partial charge in [0.15, 0.2) is 0 Å². The number of ether oxygens (including phenoxy) is 2. The van der Waals surface area contributed by atoms with Crippen LogP contribution >= 0.6 is 0 Å². The molecule has 0 aliphatic carbocycles. The highest BCUT2D eigenvalue weighted by Gasteiger charge is 2.27. The van der Waals surface area contributed by atoms with E-state index in [0.717, 1.165) is 11.1 Å². The number of amidine groups is 1. The monoisotopic (exact) mass is 571 g/mol. The van der Waals surface area contributed by atoms with Crippen molar-refractivity contribution in [3.8, 4) is 11.1 Å². The first kappa shape index (κ1) is 34.8. The predicted octanol–water partition coefficient (Wildman–Crippen LogP) is 5.73. The zero-order chi connectivity index (χ0) is 31.4. The third-order valence-corrected chi connectivity index (χ3v) is 5.25. The number of hydrogen-bond donors (Lipinski definition) is 3. The molecule has 41 heavy (non-hydrogen) atoms. The first-order valence-electron chi connectivity index (χ1n) is 13.0. The van der Waals surface area contributed by atoms with E-state index in [2.05, 4.69) is 11.1 Å². The van der Waals surface area contributed by atoms with Gasteiger partial charge in [0, 0.05) is 24.9 Å². The molecule has 11 heteroatoms. The van der Waals surface area contributed by atoms with Gasteiger partial charge in [-0.05, 0) is 90.1 Å². The minimum Gasteiger partial charge on any atom is -0.444 e. The van der Waals surface area contributed by atoms with Gasteiger partial charge in [0.1, 0.15) is 29.6 Å². The summed E-state index contributed by atoms with van der Waals surface area (Å²) in [7, 11) is 1.50. The van der Waals surface area contributed by atoms with E-state index in [0.29, 0.717) is 24.3 Å². The number of anilines is 1. The molecule has 2 amide bonds. The minimum atomic E-state index is -0.656. The van der Waals surface area contributed by atoms with Gasteiger partial charge >= 0.3 is 12.2 Å². The molecular formula is C30H42FN5O5. The highest BCUT2D eigenvalue weighted by molar-refractivity contribution is 5.90. The molecule has 0 spiro atoms. The fourth-order valence-corrected chi connectivity index (χ4v) is 3.58. The van der Waals surface area contributed by atoms with Crippen molar-refractivity contribution in [1.29, 1.82) is 5.41 Å². The number of carbonyl (C=O) groups excluding carboxylic acids is 3. The Morgan fingerprint density at radius 3 is 2.05 bits per heavy atom. The Morgan fingerprint density at radius 1 is 0.951 bits per heavy atom. The molecule has 0 unspecified atom stereocenters. The minimum absolute atomic E-state index is 0.123. The van der Waals surface area contributed by atoms with Gasteiger partial charge in [-0.15, -0.1) is 0 Å². The van der Waals surface area contributed by atoms with Crippen LogP contribution in [0, 0.1) is 11.2 Å². The highest BCUT2D eigenvalue weighted by Crippen LogP contribution is 2.27. The molecule has 1 heterocycles. The molecule has 0 radical (unpaired) electrons. The number of hydrogen-bond acceptors (Lipinski definition) is 7. The Hall–Kier alpha value is -4.25. The van der Waals surface area contributed by atoms with Crippen LogP contribution in [0.3, 0.4) is 0 Å². The summed E-state index contributed by atoms with van der Waals surface area (Å²) in [6.45, 7) is 13.7. The van der Waals surface area contributed by atoms with Crippen molar-refractivity contribution in [2.24, 2.45) is 5.73 Å². The first-order valence-corrected chi connectivity index (χ1v) is 13.0. The maximum atomic E-state index is 13.4. The zero-order valence-corrected chi connectivity index (χ0v) is 24.9. The second-order valence-corrected chi connectivity index (χ2v) is 10.8. The Kier molecular flexibility index (Phi) is 13.2. The van der Waals surface area contributed by atoms with E-state index in [9.17, 15) is 14.0 Å². The molecule has 1 saturated heterocycles. The number of benzene rings is 2. The van der Waals surface area contributed by atoms with Crippen LogP contribution in [0.5, 0.6) is 0 Å². The van der Waals surface area contributed by atoms with Gasteiger partial charge in [0.05, 0.1) is 12.2 Å². The summed E-state index contributed by atoms with van der Waals surface area (Å²) < 4.78 is 24.2. The normalized spacial score (nSPS) is 13.4. The second kappa shape index (κ2) is 15.5. The molecule has 3 rings (SSSR count). The lowest BCUT2D eigenvalue weighted by molar-refractivity contribution is -0.0980. The van der Waals surface area contributed by atoms with E-state index in [4.69, 9.17) is 19.7 Å². The van der Waals surface area contributed by atoms with Gasteiger partial charge in [0.25, 0.3) is 0 Å². The van der Waals surface area contributed by atoms with Crippen molar-refractivity contribution in [2.45, 2.75) is 52.7 Å². The van der Waals surface area contributed by atoms with Gasteiger partial charge in [-0.3, -0.25) is 15.6 Å². The Balaban J connectivity index is 0.00000201. The third-order valence-electron chi connectivity index (χ3n) is 5.25. The van der Waals surface area contributed by atoms with Gasteiger partial charge in [-0.25, -0.2) is 14.0 Å². The van der Waals surface area contributed by atoms with Crippen molar-refractivity contribution in [3.05, 3.63) is 60.0 Å². The van der Waals surface area contributed by atoms with Crippen molar-refractivity contribution >= 4 is 36.6 Å². The van der Waals surface area contributed by atoms with Crippen LogP contribution in [0.1, 0.15) is 47.1 Å². The fraction of sp³-hybridized carbons (Fsp3) is 0.400. The summed E-state index contributed by atoms with van der Waals surface area (Å²) in [5, 5.41) is 11.2. The maximum Gasteiger partial charge on any atom is 0.412 e. The number of nitrogens with two attached hydrogens (primary N) is 1. The van der Waals surface area contributed by atoms with Gasteiger partial charge in [0.2, 0.25) is 0 Å².